The number of hydrogen-bond donors (Lipinski definition) is 1. The Morgan fingerprint density at radius 2 is 1.68 bits per heavy atom. The minimum Gasteiger partial charge on any atom is -0.495 e. The first-order valence-corrected chi connectivity index (χ1v) is 12.0. The van der Waals surface area contributed by atoms with Crippen LogP contribution in [-0.2, 0) is 11.4 Å². The number of nitriles is 1. The van der Waals surface area contributed by atoms with E-state index in [2.05, 4.69) is 5.32 Å². The van der Waals surface area contributed by atoms with E-state index in [0.717, 1.165) is 11.1 Å². The molecule has 0 saturated heterocycles. The molecule has 37 heavy (non-hydrogen) atoms. The highest BCUT2D eigenvalue weighted by Gasteiger charge is 2.17. The molecule has 1 amide bonds. The van der Waals surface area contributed by atoms with Gasteiger partial charge in [-0.15, -0.1) is 0 Å². The number of carbonyl (C=O) groups excluding carboxylic acids is 1. The van der Waals surface area contributed by atoms with Crippen molar-refractivity contribution >= 4 is 40.9 Å². The third-order valence-corrected chi connectivity index (χ3v) is 5.81. The van der Waals surface area contributed by atoms with Crippen LogP contribution >= 0.6 is 23.2 Å². The summed E-state index contributed by atoms with van der Waals surface area (Å²) in [6, 6.07) is 16.2. The van der Waals surface area contributed by atoms with Gasteiger partial charge >= 0.3 is 0 Å². The van der Waals surface area contributed by atoms with E-state index in [1.54, 1.807) is 12.1 Å². The average molecular weight is 541 g/mol. The maximum Gasteiger partial charge on any atom is 0.266 e. The lowest BCUT2D eigenvalue weighted by Gasteiger charge is -2.15. The topological polar surface area (TPSA) is 89.8 Å². The van der Waals surface area contributed by atoms with Crippen LogP contribution in [0, 0.1) is 18.3 Å². The van der Waals surface area contributed by atoms with Gasteiger partial charge in [0.2, 0.25) is 0 Å². The second kappa shape index (κ2) is 12.9. The van der Waals surface area contributed by atoms with Crippen LogP contribution in [0.5, 0.6) is 23.0 Å². The van der Waals surface area contributed by atoms with Crippen molar-refractivity contribution in [1.82, 2.24) is 0 Å². The van der Waals surface area contributed by atoms with E-state index < -0.39 is 5.91 Å². The lowest BCUT2D eigenvalue weighted by molar-refractivity contribution is -0.112. The van der Waals surface area contributed by atoms with E-state index in [1.807, 2.05) is 44.2 Å². The molecule has 0 unspecified atom stereocenters. The van der Waals surface area contributed by atoms with Gasteiger partial charge in [-0.3, -0.25) is 4.79 Å². The molecule has 0 aromatic heterocycles. The van der Waals surface area contributed by atoms with Crippen molar-refractivity contribution < 1.29 is 23.7 Å². The number of halogens is 2. The van der Waals surface area contributed by atoms with Gasteiger partial charge in [-0.25, -0.2) is 0 Å². The van der Waals surface area contributed by atoms with Gasteiger partial charge in [0.25, 0.3) is 5.91 Å². The zero-order valence-electron chi connectivity index (χ0n) is 20.9. The lowest BCUT2D eigenvalue weighted by atomic mass is 10.1. The maximum absolute atomic E-state index is 12.9. The largest absolute Gasteiger partial charge is 0.495 e. The highest BCUT2D eigenvalue weighted by molar-refractivity contribution is 6.33. The summed E-state index contributed by atoms with van der Waals surface area (Å²) in [4.78, 5) is 12.9. The molecule has 0 aliphatic carbocycles. The Kier molecular flexibility index (Phi) is 9.67. The van der Waals surface area contributed by atoms with Gasteiger partial charge in [-0.1, -0.05) is 53.0 Å². The van der Waals surface area contributed by atoms with E-state index in [9.17, 15) is 10.1 Å². The van der Waals surface area contributed by atoms with E-state index in [4.69, 9.17) is 42.1 Å². The van der Waals surface area contributed by atoms with Crippen molar-refractivity contribution in [3.05, 3.63) is 80.8 Å². The molecule has 0 aliphatic heterocycles. The number of hydrogen-bond acceptors (Lipinski definition) is 6. The molecule has 0 spiro atoms. The zero-order chi connectivity index (χ0) is 26.9. The average Bonchev–Trinajstić information content (AvgIpc) is 2.88. The Bertz CT molecular complexity index is 1350. The highest BCUT2D eigenvalue weighted by Crippen LogP contribution is 2.38. The van der Waals surface area contributed by atoms with Gasteiger partial charge in [0.05, 0.1) is 36.6 Å². The van der Waals surface area contributed by atoms with Crippen molar-refractivity contribution in [2.75, 3.05) is 26.1 Å². The molecule has 0 fully saturated rings. The first-order chi connectivity index (χ1) is 17.8. The maximum atomic E-state index is 12.9. The molecule has 0 saturated carbocycles. The van der Waals surface area contributed by atoms with Gasteiger partial charge < -0.3 is 24.3 Å². The Labute approximate surface area is 226 Å². The summed E-state index contributed by atoms with van der Waals surface area (Å²) in [7, 11) is 2.89. The number of nitrogens with one attached hydrogen (secondary N) is 1. The van der Waals surface area contributed by atoms with Crippen molar-refractivity contribution in [2.45, 2.75) is 20.5 Å². The SMILES string of the molecule is CCOc1cc(/C=C(\C#N)C(=O)Nc2cc(OC)c(Cl)cc2OC)cc(Cl)c1OCc1ccc(C)cc1. The van der Waals surface area contributed by atoms with Gasteiger partial charge in [0.1, 0.15) is 29.7 Å². The summed E-state index contributed by atoms with van der Waals surface area (Å²) in [6.45, 7) is 4.52. The number of nitrogens with zero attached hydrogens (tertiary/aromatic N) is 1. The first kappa shape index (κ1) is 27.7. The molecule has 3 aromatic carbocycles. The van der Waals surface area contributed by atoms with Crippen molar-refractivity contribution in [3.8, 4) is 29.1 Å². The second-order valence-electron chi connectivity index (χ2n) is 7.85. The van der Waals surface area contributed by atoms with E-state index in [-0.39, 0.29) is 10.6 Å². The Morgan fingerprint density at radius 1 is 0.973 bits per heavy atom. The molecule has 7 nitrogen and oxygen atoms in total. The van der Waals surface area contributed by atoms with Crippen LogP contribution in [0.1, 0.15) is 23.6 Å². The smallest absolute Gasteiger partial charge is 0.266 e. The number of methoxy groups -OCH3 is 2. The van der Waals surface area contributed by atoms with Crippen LogP contribution in [0.4, 0.5) is 5.69 Å². The monoisotopic (exact) mass is 540 g/mol. The van der Waals surface area contributed by atoms with Crippen LogP contribution in [0.25, 0.3) is 6.08 Å². The predicted molar refractivity (Wildman–Crippen MR) is 145 cm³/mol. The van der Waals surface area contributed by atoms with Gasteiger partial charge in [-0.05, 0) is 43.2 Å². The quantitative estimate of drug-likeness (QED) is 0.223. The van der Waals surface area contributed by atoms with Gasteiger partial charge in [-0.2, -0.15) is 5.26 Å². The molecule has 0 bridgehead atoms. The minimum absolute atomic E-state index is 0.164. The molecule has 0 heterocycles. The predicted octanol–water partition coefficient (Wildman–Crippen LogP) is 6.84. The molecule has 1 N–H and O–H groups in total. The second-order valence-corrected chi connectivity index (χ2v) is 8.66. The number of amides is 1. The Hall–Kier alpha value is -3.86. The fraction of sp³-hybridized carbons (Fsp3) is 0.214. The molecular weight excluding hydrogens is 515 g/mol. The summed E-state index contributed by atoms with van der Waals surface area (Å²) in [6.07, 6.45) is 1.41. The van der Waals surface area contributed by atoms with Crippen LogP contribution in [0.3, 0.4) is 0 Å². The fourth-order valence-electron chi connectivity index (χ4n) is 3.38. The molecule has 3 rings (SSSR count). The van der Waals surface area contributed by atoms with E-state index in [1.165, 1.54) is 32.4 Å². The molecule has 0 radical (unpaired) electrons. The van der Waals surface area contributed by atoms with Gasteiger partial charge in [0.15, 0.2) is 11.5 Å². The summed E-state index contributed by atoms with van der Waals surface area (Å²) >= 11 is 12.7. The Morgan fingerprint density at radius 3 is 2.30 bits per heavy atom. The Balaban J connectivity index is 1.88. The van der Waals surface area contributed by atoms with Crippen molar-refractivity contribution in [2.24, 2.45) is 0 Å². The molecule has 0 atom stereocenters. The van der Waals surface area contributed by atoms with Crippen molar-refractivity contribution in [1.29, 1.82) is 5.26 Å². The van der Waals surface area contributed by atoms with Crippen LogP contribution in [0.2, 0.25) is 10.0 Å². The number of rotatable bonds is 10. The number of ether oxygens (including phenoxy) is 4. The third kappa shape index (κ3) is 7.10. The molecule has 0 aliphatic rings. The zero-order valence-corrected chi connectivity index (χ0v) is 22.4. The van der Waals surface area contributed by atoms with Crippen LogP contribution in [-0.4, -0.2) is 26.7 Å². The molecule has 3 aromatic rings. The summed E-state index contributed by atoms with van der Waals surface area (Å²) in [5.41, 5.74) is 2.75. The highest BCUT2D eigenvalue weighted by atomic mass is 35.5. The van der Waals surface area contributed by atoms with Crippen molar-refractivity contribution in [3.63, 3.8) is 0 Å². The number of aryl methyl sites for hydroxylation is 1. The summed E-state index contributed by atoms with van der Waals surface area (Å²) in [5, 5.41) is 12.9. The minimum atomic E-state index is -0.654. The third-order valence-electron chi connectivity index (χ3n) is 5.23. The van der Waals surface area contributed by atoms with Crippen LogP contribution < -0.4 is 24.3 Å². The van der Waals surface area contributed by atoms with Crippen LogP contribution in [0.15, 0.2) is 54.1 Å². The number of anilines is 1. The first-order valence-electron chi connectivity index (χ1n) is 11.3. The van der Waals surface area contributed by atoms with Gasteiger partial charge in [0, 0.05) is 12.1 Å². The molecular formula is C28H26Cl2N2O5. The normalized spacial score (nSPS) is 10.9. The standard InChI is InChI=1S/C28H26Cl2N2O5/c1-5-36-26-12-19(11-22(30)27(26)37-16-18-8-6-17(2)7-9-18)10-20(15-31)28(33)32-23-14-24(34-3)21(29)13-25(23)35-4/h6-14H,5,16H2,1-4H3,(H,32,33)/b20-10+. The van der Waals surface area contributed by atoms with E-state index in [0.29, 0.717) is 52.5 Å². The lowest BCUT2D eigenvalue weighted by Crippen LogP contribution is -2.14. The fourth-order valence-corrected chi connectivity index (χ4v) is 3.88. The summed E-state index contributed by atoms with van der Waals surface area (Å²) < 4.78 is 22.2. The number of benzene rings is 3. The molecule has 192 valence electrons. The number of carbonyl (C=O) groups is 1. The summed E-state index contributed by atoms with van der Waals surface area (Å²) in [5.74, 6) is 0.777. The van der Waals surface area contributed by atoms with E-state index >= 15 is 0 Å². The molecule has 9 heteroatoms.